The molecule has 4 aliphatic heterocycles. The van der Waals surface area contributed by atoms with Crippen LogP contribution in [0.4, 0.5) is 0 Å². The molecule has 0 aromatic heterocycles. The van der Waals surface area contributed by atoms with E-state index in [1.54, 1.807) is 5.01 Å². The van der Waals surface area contributed by atoms with Crippen molar-refractivity contribution in [1.29, 1.82) is 0 Å². The van der Waals surface area contributed by atoms with Gasteiger partial charge in [0, 0.05) is 12.3 Å². The van der Waals surface area contributed by atoms with Crippen molar-refractivity contribution in [3.63, 3.8) is 0 Å². The molecule has 1 amide bonds. The molecule has 0 N–H and O–H groups in total. The predicted molar refractivity (Wildman–Crippen MR) is 91.9 cm³/mol. The summed E-state index contributed by atoms with van der Waals surface area (Å²) in [7, 11) is 0. The molecule has 2 atom stereocenters. The van der Waals surface area contributed by atoms with E-state index in [2.05, 4.69) is 4.90 Å². The smallest absolute Gasteiger partial charge is 0.243 e. The van der Waals surface area contributed by atoms with Gasteiger partial charge < -0.3 is 0 Å². The van der Waals surface area contributed by atoms with Crippen LogP contribution in [-0.2, 0) is 4.79 Å². The number of carbonyl (C=O) groups is 1. The maximum Gasteiger partial charge on any atom is 0.243 e. The lowest BCUT2D eigenvalue weighted by molar-refractivity contribution is -0.133. The SMILES string of the molecule is CCC(=O)N1N=C2C3CCN(CC3)C2C1c1ccc(Cl)c(Cl)c1. The molecule has 3 saturated heterocycles. The third-order valence-corrected chi connectivity index (χ3v) is 6.01. The predicted octanol–water partition coefficient (Wildman–Crippen LogP) is 3.74. The van der Waals surface area contributed by atoms with Crippen LogP contribution in [0.2, 0.25) is 10.0 Å². The number of rotatable bonds is 2. The van der Waals surface area contributed by atoms with E-state index in [1.807, 2.05) is 25.1 Å². The minimum atomic E-state index is -0.0877. The number of halogens is 2. The largest absolute Gasteiger partial charge is 0.293 e. The minimum Gasteiger partial charge on any atom is -0.293 e. The number of carbonyl (C=O) groups excluding carboxylic acids is 1. The van der Waals surface area contributed by atoms with E-state index in [9.17, 15) is 4.79 Å². The van der Waals surface area contributed by atoms with E-state index in [1.165, 1.54) is 5.71 Å². The molecule has 4 aliphatic rings. The van der Waals surface area contributed by atoms with Crippen molar-refractivity contribution >= 4 is 34.8 Å². The second-order valence-corrected chi connectivity index (χ2v) is 7.30. The summed E-state index contributed by atoms with van der Waals surface area (Å²) in [6, 6.07) is 5.76. The first-order valence-electron chi connectivity index (χ1n) is 8.19. The quantitative estimate of drug-likeness (QED) is 0.813. The Morgan fingerprint density at radius 3 is 2.61 bits per heavy atom. The third-order valence-electron chi connectivity index (χ3n) is 5.27. The highest BCUT2D eigenvalue weighted by atomic mass is 35.5. The molecule has 0 radical (unpaired) electrons. The van der Waals surface area contributed by atoms with Gasteiger partial charge in [-0.05, 0) is 43.6 Å². The van der Waals surface area contributed by atoms with Crippen LogP contribution < -0.4 is 0 Å². The molecule has 5 rings (SSSR count). The van der Waals surface area contributed by atoms with Gasteiger partial charge >= 0.3 is 0 Å². The van der Waals surface area contributed by atoms with Gasteiger partial charge in [0.15, 0.2) is 0 Å². The number of benzene rings is 1. The minimum absolute atomic E-state index is 0.0589. The van der Waals surface area contributed by atoms with Crippen molar-refractivity contribution in [1.82, 2.24) is 9.91 Å². The Balaban J connectivity index is 1.78. The zero-order valence-electron chi connectivity index (χ0n) is 13.0. The van der Waals surface area contributed by atoms with Crippen LogP contribution >= 0.6 is 23.2 Å². The van der Waals surface area contributed by atoms with Gasteiger partial charge in [-0.3, -0.25) is 9.69 Å². The van der Waals surface area contributed by atoms with Gasteiger partial charge in [0.05, 0.1) is 21.8 Å². The lowest BCUT2D eigenvalue weighted by atomic mass is 9.78. The Hall–Kier alpha value is -1.10. The van der Waals surface area contributed by atoms with Gasteiger partial charge in [-0.1, -0.05) is 36.2 Å². The number of nitrogens with zero attached hydrogens (tertiary/aromatic N) is 3. The lowest BCUT2D eigenvalue weighted by Crippen LogP contribution is -2.56. The first kappa shape index (κ1) is 15.4. The number of hydrogen-bond donors (Lipinski definition) is 0. The van der Waals surface area contributed by atoms with E-state index in [-0.39, 0.29) is 18.0 Å². The van der Waals surface area contributed by atoms with Gasteiger partial charge in [0.25, 0.3) is 0 Å². The molecule has 0 saturated carbocycles. The molecule has 1 aromatic carbocycles. The number of fused-ring (bicyclic) bond motifs is 2. The Morgan fingerprint density at radius 1 is 1.22 bits per heavy atom. The van der Waals surface area contributed by atoms with E-state index in [0.717, 1.165) is 31.5 Å². The van der Waals surface area contributed by atoms with Gasteiger partial charge in [-0.15, -0.1) is 0 Å². The molecule has 4 heterocycles. The molecular weight excluding hydrogens is 333 g/mol. The zero-order chi connectivity index (χ0) is 16.1. The van der Waals surface area contributed by atoms with Crippen molar-refractivity contribution < 1.29 is 4.79 Å². The molecule has 3 fully saturated rings. The van der Waals surface area contributed by atoms with Crippen LogP contribution in [-0.4, -0.2) is 40.7 Å². The van der Waals surface area contributed by atoms with Crippen molar-refractivity contribution in [2.45, 2.75) is 38.3 Å². The normalized spacial score (nSPS) is 32.0. The summed E-state index contributed by atoms with van der Waals surface area (Å²) in [5.41, 5.74) is 2.19. The monoisotopic (exact) mass is 351 g/mol. The average molecular weight is 352 g/mol. The summed E-state index contributed by atoms with van der Waals surface area (Å²) < 4.78 is 0. The second-order valence-electron chi connectivity index (χ2n) is 6.49. The topological polar surface area (TPSA) is 35.9 Å². The summed E-state index contributed by atoms with van der Waals surface area (Å²) in [6.45, 7) is 4.05. The van der Waals surface area contributed by atoms with Gasteiger partial charge in [0.1, 0.15) is 6.04 Å². The Morgan fingerprint density at radius 2 is 1.96 bits per heavy atom. The molecule has 2 bridgehead atoms. The lowest BCUT2D eigenvalue weighted by Gasteiger charge is -2.46. The van der Waals surface area contributed by atoms with Crippen LogP contribution in [0.3, 0.4) is 0 Å². The molecule has 0 aliphatic carbocycles. The Kier molecular flexibility index (Phi) is 3.87. The fourth-order valence-corrected chi connectivity index (χ4v) is 4.42. The van der Waals surface area contributed by atoms with Crippen molar-refractivity contribution in [3.05, 3.63) is 33.8 Å². The fraction of sp³-hybridized carbons (Fsp3) is 0.529. The fourth-order valence-electron chi connectivity index (χ4n) is 4.12. The van der Waals surface area contributed by atoms with Gasteiger partial charge in [-0.25, -0.2) is 5.01 Å². The summed E-state index contributed by atoms with van der Waals surface area (Å²) in [6.07, 6.45) is 2.75. The van der Waals surface area contributed by atoms with Crippen molar-refractivity contribution in [3.8, 4) is 0 Å². The van der Waals surface area contributed by atoms with E-state index < -0.39 is 0 Å². The summed E-state index contributed by atoms with van der Waals surface area (Å²) in [4.78, 5) is 14.9. The van der Waals surface area contributed by atoms with Crippen LogP contribution in [0.1, 0.15) is 37.8 Å². The molecular formula is C17H19Cl2N3O. The third kappa shape index (κ3) is 2.39. The van der Waals surface area contributed by atoms with E-state index >= 15 is 0 Å². The maximum absolute atomic E-state index is 12.5. The molecule has 1 aromatic rings. The second kappa shape index (κ2) is 5.76. The number of hydrazone groups is 1. The van der Waals surface area contributed by atoms with Gasteiger partial charge in [-0.2, -0.15) is 5.10 Å². The van der Waals surface area contributed by atoms with Crippen LogP contribution in [0, 0.1) is 5.92 Å². The molecule has 2 unspecified atom stereocenters. The van der Waals surface area contributed by atoms with Crippen LogP contribution in [0.5, 0.6) is 0 Å². The van der Waals surface area contributed by atoms with Crippen molar-refractivity contribution in [2.75, 3.05) is 13.1 Å². The average Bonchev–Trinajstić information content (AvgIpc) is 3.00. The summed E-state index contributed by atoms with van der Waals surface area (Å²) in [5, 5.41) is 7.51. The first-order chi connectivity index (χ1) is 11.1. The molecule has 23 heavy (non-hydrogen) atoms. The van der Waals surface area contributed by atoms with E-state index in [0.29, 0.717) is 22.4 Å². The van der Waals surface area contributed by atoms with Crippen LogP contribution in [0.15, 0.2) is 23.3 Å². The highest BCUT2D eigenvalue weighted by Gasteiger charge is 2.50. The molecule has 6 heteroatoms. The summed E-state index contributed by atoms with van der Waals surface area (Å²) >= 11 is 12.3. The molecule has 0 spiro atoms. The maximum atomic E-state index is 12.5. The van der Waals surface area contributed by atoms with E-state index in [4.69, 9.17) is 28.3 Å². The number of piperidine rings is 3. The molecule has 4 nitrogen and oxygen atoms in total. The standard InChI is InChI=1S/C17H19Cl2N3O/c1-2-14(23)22-16(11-3-4-12(18)13(19)9-11)17-15(20-22)10-5-7-21(17)8-6-10/h3-4,9-10,16-17H,2,5-8H2,1H3. The Bertz CT molecular complexity index is 682. The number of hydrogen-bond acceptors (Lipinski definition) is 3. The van der Waals surface area contributed by atoms with Gasteiger partial charge in [0.2, 0.25) is 5.91 Å². The van der Waals surface area contributed by atoms with Crippen molar-refractivity contribution in [2.24, 2.45) is 11.0 Å². The first-order valence-corrected chi connectivity index (χ1v) is 8.95. The highest BCUT2D eigenvalue weighted by molar-refractivity contribution is 6.42. The Labute approximate surface area is 146 Å². The highest BCUT2D eigenvalue weighted by Crippen LogP contribution is 2.44. The van der Waals surface area contributed by atoms with Crippen LogP contribution in [0.25, 0.3) is 0 Å². The molecule has 122 valence electrons. The summed E-state index contributed by atoms with van der Waals surface area (Å²) in [5.74, 6) is 0.577. The number of amides is 1. The zero-order valence-corrected chi connectivity index (χ0v) is 14.5.